The molecule has 0 saturated carbocycles. The summed E-state index contributed by atoms with van der Waals surface area (Å²) < 4.78 is 10.5. The van der Waals surface area contributed by atoms with Crippen LogP contribution in [0.1, 0.15) is 58.9 Å². The lowest BCUT2D eigenvalue weighted by Gasteiger charge is -2.19. The van der Waals surface area contributed by atoms with Gasteiger partial charge in [0.1, 0.15) is 15.5 Å². The molecule has 0 unspecified atom stereocenters. The zero-order valence-electron chi connectivity index (χ0n) is 17.8. The highest BCUT2D eigenvalue weighted by Crippen LogP contribution is 2.35. The molecule has 0 saturated heterocycles. The third-order valence-corrected chi connectivity index (χ3v) is 5.57. The van der Waals surface area contributed by atoms with E-state index in [-0.39, 0.29) is 22.0 Å². The van der Waals surface area contributed by atoms with E-state index in [0.717, 1.165) is 11.3 Å². The largest absolute Gasteiger partial charge is 0.462 e. The highest BCUT2D eigenvalue weighted by Gasteiger charge is 2.29. The molecule has 1 aromatic carbocycles. The molecule has 0 bridgehead atoms. The summed E-state index contributed by atoms with van der Waals surface area (Å²) in [6, 6.07) is 4.89. The second-order valence-corrected chi connectivity index (χ2v) is 9.34. The van der Waals surface area contributed by atoms with Gasteiger partial charge in [0.15, 0.2) is 0 Å². The van der Waals surface area contributed by atoms with Crippen LogP contribution < -0.4 is 5.32 Å². The molecule has 0 aliphatic heterocycles. The maximum absolute atomic E-state index is 12.6. The summed E-state index contributed by atoms with van der Waals surface area (Å²) in [6.07, 6.45) is 2.79. The molecule has 2 aromatic rings. The lowest BCUT2D eigenvalue weighted by molar-refractivity contribution is -0.111. The van der Waals surface area contributed by atoms with Crippen molar-refractivity contribution >= 4 is 63.5 Å². The Hall–Kier alpha value is -2.35. The topological polar surface area (TPSA) is 81.7 Å². The number of hydrogen-bond donors (Lipinski definition) is 1. The average Bonchev–Trinajstić information content (AvgIpc) is 2.96. The molecule has 0 atom stereocenters. The SMILES string of the molecule is CCOC(=O)c1c(NC(=O)C=Cc2ccc(Cl)cc2Cl)sc(C(=O)OC(C)(C)C)c1C. The van der Waals surface area contributed by atoms with Gasteiger partial charge in [-0.25, -0.2) is 9.59 Å². The van der Waals surface area contributed by atoms with E-state index in [1.165, 1.54) is 12.2 Å². The van der Waals surface area contributed by atoms with Crippen molar-refractivity contribution in [1.29, 1.82) is 0 Å². The van der Waals surface area contributed by atoms with Crippen LogP contribution >= 0.6 is 34.5 Å². The van der Waals surface area contributed by atoms with Gasteiger partial charge in [-0.05, 0) is 64.0 Å². The number of rotatable bonds is 6. The minimum absolute atomic E-state index is 0.124. The second kappa shape index (κ2) is 10.3. The Morgan fingerprint density at radius 1 is 1.16 bits per heavy atom. The molecule has 0 spiro atoms. The maximum Gasteiger partial charge on any atom is 0.349 e. The molecule has 31 heavy (non-hydrogen) atoms. The molecule has 1 aromatic heterocycles. The highest BCUT2D eigenvalue weighted by molar-refractivity contribution is 7.18. The number of benzene rings is 1. The first-order valence-electron chi connectivity index (χ1n) is 9.41. The number of esters is 2. The van der Waals surface area contributed by atoms with E-state index in [2.05, 4.69) is 5.32 Å². The zero-order valence-corrected chi connectivity index (χ0v) is 20.1. The van der Waals surface area contributed by atoms with Crippen molar-refractivity contribution in [3.63, 3.8) is 0 Å². The molecule has 0 aliphatic rings. The fourth-order valence-electron chi connectivity index (χ4n) is 2.53. The van der Waals surface area contributed by atoms with Crippen LogP contribution in [0, 0.1) is 6.92 Å². The van der Waals surface area contributed by atoms with Gasteiger partial charge in [0, 0.05) is 16.1 Å². The summed E-state index contributed by atoms with van der Waals surface area (Å²) in [5, 5.41) is 3.72. The average molecular weight is 484 g/mol. The van der Waals surface area contributed by atoms with Crippen molar-refractivity contribution in [2.45, 2.75) is 40.2 Å². The third kappa shape index (κ3) is 6.82. The maximum atomic E-state index is 12.6. The van der Waals surface area contributed by atoms with E-state index in [9.17, 15) is 14.4 Å². The summed E-state index contributed by atoms with van der Waals surface area (Å²) in [5.41, 5.74) is 0.405. The van der Waals surface area contributed by atoms with Crippen molar-refractivity contribution in [3.05, 3.63) is 55.9 Å². The molecule has 0 radical (unpaired) electrons. The van der Waals surface area contributed by atoms with E-state index < -0.39 is 23.4 Å². The summed E-state index contributed by atoms with van der Waals surface area (Å²) in [7, 11) is 0. The Kier molecular flexibility index (Phi) is 8.28. The first kappa shape index (κ1) is 24.9. The molecule has 166 valence electrons. The number of ether oxygens (including phenoxy) is 2. The number of amides is 1. The molecule has 2 rings (SSSR count). The first-order chi connectivity index (χ1) is 14.4. The molecule has 1 amide bonds. The molecule has 1 N–H and O–H groups in total. The quantitative estimate of drug-likeness (QED) is 0.393. The Morgan fingerprint density at radius 3 is 2.42 bits per heavy atom. The smallest absolute Gasteiger partial charge is 0.349 e. The van der Waals surface area contributed by atoms with E-state index in [0.29, 0.717) is 21.2 Å². The van der Waals surface area contributed by atoms with Gasteiger partial charge in [-0.15, -0.1) is 11.3 Å². The van der Waals surface area contributed by atoms with Gasteiger partial charge in [0.05, 0.1) is 12.2 Å². The van der Waals surface area contributed by atoms with Gasteiger partial charge >= 0.3 is 11.9 Å². The normalized spacial score (nSPS) is 11.5. The predicted molar refractivity (Wildman–Crippen MR) is 124 cm³/mol. The fourth-order valence-corrected chi connectivity index (χ4v) is 4.07. The summed E-state index contributed by atoms with van der Waals surface area (Å²) >= 11 is 12.9. The minimum Gasteiger partial charge on any atom is -0.462 e. The number of carbonyl (C=O) groups excluding carboxylic acids is 3. The van der Waals surface area contributed by atoms with Crippen molar-refractivity contribution in [3.8, 4) is 0 Å². The number of nitrogens with one attached hydrogen (secondary N) is 1. The lowest BCUT2D eigenvalue weighted by Crippen LogP contribution is -2.23. The van der Waals surface area contributed by atoms with Crippen molar-refractivity contribution in [1.82, 2.24) is 0 Å². The predicted octanol–water partition coefficient (Wildman–Crippen LogP) is 6.15. The number of hydrogen-bond acceptors (Lipinski definition) is 6. The molecular weight excluding hydrogens is 461 g/mol. The third-order valence-electron chi connectivity index (χ3n) is 3.82. The van der Waals surface area contributed by atoms with Gasteiger partial charge in [-0.2, -0.15) is 0 Å². The van der Waals surface area contributed by atoms with Crippen molar-refractivity contribution in [2.24, 2.45) is 0 Å². The number of thiophene rings is 1. The van der Waals surface area contributed by atoms with Crippen LogP contribution in [0.5, 0.6) is 0 Å². The van der Waals surface area contributed by atoms with E-state index in [1.54, 1.807) is 52.8 Å². The molecular formula is C22H23Cl2NO5S. The van der Waals surface area contributed by atoms with Gasteiger partial charge < -0.3 is 14.8 Å². The van der Waals surface area contributed by atoms with Gasteiger partial charge in [0.2, 0.25) is 5.91 Å². The van der Waals surface area contributed by atoms with E-state index >= 15 is 0 Å². The first-order valence-corrected chi connectivity index (χ1v) is 11.0. The zero-order chi connectivity index (χ0) is 23.3. The van der Waals surface area contributed by atoms with Crippen molar-refractivity contribution < 1.29 is 23.9 Å². The number of carbonyl (C=O) groups is 3. The Labute approximate surface area is 195 Å². The van der Waals surface area contributed by atoms with Crippen LogP contribution in [-0.2, 0) is 14.3 Å². The monoisotopic (exact) mass is 483 g/mol. The van der Waals surface area contributed by atoms with Crippen LogP contribution in [0.3, 0.4) is 0 Å². The number of anilines is 1. The van der Waals surface area contributed by atoms with Gasteiger partial charge in [-0.3, -0.25) is 4.79 Å². The molecule has 1 heterocycles. The Bertz CT molecular complexity index is 1040. The van der Waals surface area contributed by atoms with Crippen molar-refractivity contribution in [2.75, 3.05) is 11.9 Å². The Balaban J connectivity index is 2.33. The summed E-state index contributed by atoms with van der Waals surface area (Å²) in [5.74, 6) is -1.72. The lowest BCUT2D eigenvalue weighted by atomic mass is 10.1. The van der Waals surface area contributed by atoms with Crippen LogP contribution in [-0.4, -0.2) is 30.1 Å². The molecule has 0 fully saturated rings. The standard InChI is InChI=1S/C22H23Cl2NO5S/c1-6-29-20(27)17-12(2)18(21(28)30-22(3,4)5)31-19(17)25-16(26)10-8-13-7-9-14(23)11-15(13)24/h7-11H,6H2,1-5H3,(H,25,26). The van der Waals surface area contributed by atoms with Crippen LogP contribution in [0.25, 0.3) is 6.08 Å². The van der Waals surface area contributed by atoms with E-state index in [4.69, 9.17) is 32.7 Å². The fraction of sp³-hybridized carbons (Fsp3) is 0.318. The van der Waals surface area contributed by atoms with Crippen LogP contribution in [0.15, 0.2) is 24.3 Å². The van der Waals surface area contributed by atoms with Gasteiger partial charge in [0.25, 0.3) is 0 Å². The summed E-state index contributed by atoms with van der Waals surface area (Å²) in [4.78, 5) is 37.8. The molecule has 0 aliphatic carbocycles. The number of halogens is 2. The highest BCUT2D eigenvalue weighted by atomic mass is 35.5. The Morgan fingerprint density at radius 2 is 1.84 bits per heavy atom. The van der Waals surface area contributed by atoms with Crippen LogP contribution in [0.2, 0.25) is 10.0 Å². The van der Waals surface area contributed by atoms with E-state index in [1.807, 2.05) is 0 Å². The van der Waals surface area contributed by atoms with Gasteiger partial charge in [-0.1, -0.05) is 29.3 Å². The summed E-state index contributed by atoms with van der Waals surface area (Å²) in [6.45, 7) is 8.67. The minimum atomic E-state index is -0.707. The van der Waals surface area contributed by atoms with Crippen LogP contribution in [0.4, 0.5) is 5.00 Å². The second-order valence-electron chi connectivity index (χ2n) is 7.47. The molecule has 6 nitrogen and oxygen atoms in total. The molecule has 9 heteroatoms.